The number of hydrogen-bond acceptors (Lipinski definition) is 0. The molecule has 0 saturated heterocycles. The maximum Gasteiger partial charge on any atom is 0.00639 e. The molecule has 0 radical (unpaired) electrons. The second kappa shape index (κ2) is 8.13. The normalized spacial score (nSPS) is 19.3. The fourth-order valence-electron chi connectivity index (χ4n) is 1.93. The van der Waals surface area contributed by atoms with Crippen LogP contribution in [0.15, 0.2) is 49.1 Å². The van der Waals surface area contributed by atoms with Crippen LogP contribution in [-0.2, 0) is 0 Å². The van der Waals surface area contributed by atoms with E-state index >= 15 is 0 Å². The van der Waals surface area contributed by atoms with E-state index in [0.717, 1.165) is 12.8 Å². The Morgan fingerprint density at radius 2 is 1.89 bits per heavy atom. The van der Waals surface area contributed by atoms with Crippen LogP contribution in [0.2, 0.25) is 0 Å². The lowest BCUT2D eigenvalue weighted by Gasteiger charge is -2.30. The summed E-state index contributed by atoms with van der Waals surface area (Å²) in [6.07, 6.45) is 13.2. The highest BCUT2D eigenvalue weighted by Crippen LogP contribution is 2.35. The average molecular weight is 246 g/mol. The molecule has 0 nitrogen and oxygen atoms in total. The Morgan fingerprint density at radius 3 is 2.33 bits per heavy atom. The smallest absolute Gasteiger partial charge is 0.00639 e. The van der Waals surface area contributed by atoms with Crippen molar-refractivity contribution in [3.05, 3.63) is 49.1 Å². The lowest BCUT2D eigenvalue weighted by Crippen LogP contribution is -2.21. The summed E-state index contributed by atoms with van der Waals surface area (Å²) < 4.78 is 0. The van der Waals surface area contributed by atoms with Crippen LogP contribution in [0.4, 0.5) is 0 Å². The van der Waals surface area contributed by atoms with Gasteiger partial charge in [-0.05, 0) is 31.6 Å². The second-order valence-electron chi connectivity index (χ2n) is 5.59. The molecule has 18 heavy (non-hydrogen) atoms. The van der Waals surface area contributed by atoms with Crippen molar-refractivity contribution in [2.75, 3.05) is 0 Å². The van der Waals surface area contributed by atoms with Crippen LogP contribution in [0.3, 0.4) is 0 Å². The van der Waals surface area contributed by atoms with E-state index in [1.54, 1.807) is 0 Å². The van der Waals surface area contributed by atoms with Crippen molar-refractivity contribution in [3.63, 3.8) is 0 Å². The van der Waals surface area contributed by atoms with Gasteiger partial charge < -0.3 is 0 Å². The topological polar surface area (TPSA) is 0 Å². The molecular weight excluding hydrogens is 216 g/mol. The predicted octanol–water partition coefficient (Wildman–Crippen LogP) is 5.94. The standard InChI is InChI=1S/C18H30/c1-8-11-17(6)18(7,14-16(5)10-3)13-12-15(4)9-2/h8-9,12-15,17H,1-2,10-11H2,3-7H3. The van der Waals surface area contributed by atoms with Crippen LogP contribution in [-0.4, -0.2) is 0 Å². The summed E-state index contributed by atoms with van der Waals surface area (Å²) >= 11 is 0. The van der Waals surface area contributed by atoms with E-state index in [1.165, 1.54) is 5.57 Å². The Labute approximate surface area is 114 Å². The van der Waals surface area contributed by atoms with E-state index in [-0.39, 0.29) is 5.41 Å². The summed E-state index contributed by atoms with van der Waals surface area (Å²) in [5.74, 6) is 0.986. The molecule has 0 heterocycles. The Morgan fingerprint density at radius 1 is 1.28 bits per heavy atom. The molecule has 0 aromatic rings. The molecule has 3 unspecified atom stereocenters. The molecule has 0 aromatic carbocycles. The summed E-state index contributed by atoms with van der Waals surface area (Å²) in [5, 5.41) is 0. The number of allylic oxidation sites excluding steroid dienone is 6. The molecule has 0 aliphatic heterocycles. The van der Waals surface area contributed by atoms with Gasteiger partial charge in [0.25, 0.3) is 0 Å². The van der Waals surface area contributed by atoms with Gasteiger partial charge in [0.1, 0.15) is 0 Å². The van der Waals surface area contributed by atoms with Gasteiger partial charge in [0.2, 0.25) is 0 Å². The van der Waals surface area contributed by atoms with Crippen LogP contribution in [0.5, 0.6) is 0 Å². The van der Waals surface area contributed by atoms with E-state index in [4.69, 9.17) is 0 Å². The largest absolute Gasteiger partial charge is 0.103 e. The monoisotopic (exact) mass is 246 g/mol. The zero-order valence-electron chi connectivity index (χ0n) is 12.9. The molecule has 102 valence electrons. The van der Waals surface area contributed by atoms with E-state index in [2.05, 4.69) is 66.0 Å². The van der Waals surface area contributed by atoms with Gasteiger partial charge in [-0.15, -0.1) is 13.2 Å². The summed E-state index contributed by atoms with van der Waals surface area (Å²) in [6, 6.07) is 0. The Balaban J connectivity index is 5.20. The average Bonchev–Trinajstić information content (AvgIpc) is 2.35. The minimum absolute atomic E-state index is 0.103. The molecule has 0 saturated carbocycles. The van der Waals surface area contributed by atoms with Crippen molar-refractivity contribution in [3.8, 4) is 0 Å². The molecule has 0 amide bonds. The Hall–Kier alpha value is -1.04. The van der Waals surface area contributed by atoms with E-state index in [0.29, 0.717) is 11.8 Å². The molecule has 0 N–H and O–H groups in total. The molecule has 0 aliphatic rings. The summed E-state index contributed by atoms with van der Waals surface area (Å²) in [7, 11) is 0. The molecule has 0 aliphatic carbocycles. The highest BCUT2D eigenvalue weighted by Gasteiger charge is 2.25. The van der Waals surface area contributed by atoms with Gasteiger partial charge >= 0.3 is 0 Å². The van der Waals surface area contributed by atoms with Gasteiger partial charge in [0.15, 0.2) is 0 Å². The van der Waals surface area contributed by atoms with E-state index in [9.17, 15) is 0 Å². The fraction of sp³-hybridized carbons (Fsp3) is 0.556. The maximum absolute atomic E-state index is 3.86. The van der Waals surface area contributed by atoms with E-state index < -0.39 is 0 Å². The van der Waals surface area contributed by atoms with Gasteiger partial charge in [-0.25, -0.2) is 0 Å². The minimum Gasteiger partial charge on any atom is -0.103 e. The van der Waals surface area contributed by atoms with Crippen LogP contribution >= 0.6 is 0 Å². The first-order valence-electron chi connectivity index (χ1n) is 7.00. The van der Waals surface area contributed by atoms with Gasteiger partial charge in [0.05, 0.1) is 0 Å². The Bertz CT molecular complexity index is 319. The molecule has 0 heteroatoms. The third-order valence-electron chi connectivity index (χ3n) is 3.83. The van der Waals surface area contributed by atoms with Crippen molar-refractivity contribution in [2.45, 2.75) is 47.5 Å². The second-order valence-corrected chi connectivity index (χ2v) is 5.59. The van der Waals surface area contributed by atoms with Crippen LogP contribution in [0, 0.1) is 17.3 Å². The molecule has 0 spiro atoms. The van der Waals surface area contributed by atoms with Gasteiger partial charge in [-0.2, -0.15) is 0 Å². The van der Waals surface area contributed by atoms with Crippen molar-refractivity contribution >= 4 is 0 Å². The minimum atomic E-state index is 0.103. The molecule has 0 rings (SSSR count). The molecular formula is C18H30. The summed E-state index contributed by atoms with van der Waals surface area (Å²) in [4.78, 5) is 0. The van der Waals surface area contributed by atoms with Crippen molar-refractivity contribution in [1.29, 1.82) is 0 Å². The van der Waals surface area contributed by atoms with E-state index in [1.807, 2.05) is 12.2 Å². The molecule has 0 bridgehead atoms. The zero-order chi connectivity index (χ0) is 14.2. The summed E-state index contributed by atoms with van der Waals surface area (Å²) in [6.45, 7) is 18.9. The number of hydrogen-bond donors (Lipinski definition) is 0. The SMILES string of the molecule is C=CCC(C)C(C)(C=CC(C)C=C)C=C(C)CC. The lowest BCUT2D eigenvalue weighted by molar-refractivity contribution is 0.352. The molecule has 3 atom stereocenters. The third-order valence-corrected chi connectivity index (χ3v) is 3.83. The quantitative estimate of drug-likeness (QED) is 0.465. The van der Waals surface area contributed by atoms with Gasteiger partial charge in [0, 0.05) is 5.41 Å². The fourth-order valence-corrected chi connectivity index (χ4v) is 1.93. The highest BCUT2D eigenvalue weighted by atomic mass is 14.3. The molecule has 0 aromatic heterocycles. The van der Waals surface area contributed by atoms with Gasteiger partial charge in [-0.1, -0.05) is 63.6 Å². The zero-order valence-corrected chi connectivity index (χ0v) is 12.9. The Kier molecular flexibility index (Phi) is 7.66. The summed E-state index contributed by atoms with van der Waals surface area (Å²) in [5.41, 5.74) is 1.55. The van der Waals surface area contributed by atoms with Crippen LogP contribution < -0.4 is 0 Å². The molecule has 0 fully saturated rings. The number of rotatable bonds is 8. The first-order valence-corrected chi connectivity index (χ1v) is 7.00. The first-order chi connectivity index (χ1) is 8.39. The van der Waals surface area contributed by atoms with Crippen LogP contribution in [0.1, 0.15) is 47.5 Å². The lowest BCUT2D eigenvalue weighted by atomic mass is 9.74. The van der Waals surface area contributed by atoms with Crippen molar-refractivity contribution < 1.29 is 0 Å². The predicted molar refractivity (Wildman–Crippen MR) is 84.6 cm³/mol. The van der Waals surface area contributed by atoms with Crippen molar-refractivity contribution in [2.24, 2.45) is 17.3 Å². The first kappa shape index (κ1) is 17.0. The van der Waals surface area contributed by atoms with Crippen LogP contribution in [0.25, 0.3) is 0 Å². The van der Waals surface area contributed by atoms with Crippen molar-refractivity contribution in [1.82, 2.24) is 0 Å². The highest BCUT2D eigenvalue weighted by molar-refractivity contribution is 5.17. The van der Waals surface area contributed by atoms with Gasteiger partial charge in [-0.3, -0.25) is 0 Å². The third kappa shape index (κ3) is 5.53. The maximum atomic E-state index is 3.86.